The van der Waals surface area contributed by atoms with Gasteiger partial charge in [0.2, 0.25) is 0 Å². The molecule has 0 N–H and O–H groups in total. The van der Waals surface area contributed by atoms with Crippen LogP contribution >= 0.6 is 22.6 Å². The molecule has 1 nitrogen and oxygen atoms in total. The van der Waals surface area contributed by atoms with Crippen LogP contribution in [0.1, 0.15) is 19.3 Å². The molecule has 1 heterocycles. The summed E-state index contributed by atoms with van der Waals surface area (Å²) >= 11 is 2.56. The molecule has 1 saturated heterocycles. The highest BCUT2D eigenvalue weighted by molar-refractivity contribution is 14.1. The number of halogens is 1. The first-order chi connectivity index (χ1) is 4.38. The topological polar surface area (TPSA) is 3.24 Å². The Kier molecular flexibility index (Phi) is 1.69. The molecule has 1 aliphatic carbocycles. The highest BCUT2D eigenvalue weighted by Gasteiger charge is 2.40. The summed E-state index contributed by atoms with van der Waals surface area (Å²) in [4.78, 5) is 2.65. The highest BCUT2D eigenvalue weighted by atomic mass is 127. The second kappa shape index (κ2) is 2.38. The number of hydrogen-bond donors (Lipinski definition) is 0. The van der Waals surface area contributed by atoms with Gasteiger partial charge in [-0.1, -0.05) is 22.6 Å². The lowest BCUT2D eigenvalue weighted by atomic mass is 10.4. The number of hydrogen-bond acceptors (Lipinski definition) is 1. The van der Waals surface area contributed by atoms with Gasteiger partial charge in [-0.2, -0.15) is 0 Å². The number of likely N-dealkylation sites (tertiary alicyclic amines) is 1. The SMILES string of the molecule is IC1CC1N1CCCC1. The van der Waals surface area contributed by atoms with Gasteiger partial charge in [0.1, 0.15) is 0 Å². The van der Waals surface area contributed by atoms with Gasteiger partial charge >= 0.3 is 0 Å². The summed E-state index contributed by atoms with van der Waals surface area (Å²) in [5.74, 6) is 0. The van der Waals surface area contributed by atoms with Gasteiger partial charge in [-0.05, 0) is 32.4 Å². The monoisotopic (exact) mass is 237 g/mol. The van der Waals surface area contributed by atoms with Crippen molar-refractivity contribution in [3.63, 3.8) is 0 Å². The van der Waals surface area contributed by atoms with Crippen LogP contribution in [0, 0.1) is 0 Å². The van der Waals surface area contributed by atoms with Gasteiger partial charge in [0.05, 0.1) is 0 Å². The van der Waals surface area contributed by atoms with E-state index in [9.17, 15) is 0 Å². The Morgan fingerprint density at radius 1 is 1.22 bits per heavy atom. The molecule has 0 bridgehead atoms. The minimum absolute atomic E-state index is 0.980. The first kappa shape index (κ1) is 6.40. The molecule has 2 rings (SSSR count). The van der Waals surface area contributed by atoms with E-state index in [1.165, 1.54) is 32.4 Å². The lowest BCUT2D eigenvalue weighted by molar-refractivity contribution is 0.331. The normalized spacial score (nSPS) is 43.7. The summed E-state index contributed by atoms with van der Waals surface area (Å²) in [6.07, 6.45) is 4.35. The Balaban J connectivity index is 1.85. The van der Waals surface area contributed by atoms with Gasteiger partial charge in [-0.25, -0.2) is 0 Å². The molecule has 52 valence electrons. The quantitative estimate of drug-likeness (QED) is 0.495. The molecule has 0 spiro atoms. The molecule has 2 unspecified atom stereocenters. The summed E-state index contributed by atoms with van der Waals surface area (Å²) in [5, 5.41) is 0. The zero-order valence-electron chi connectivity index (χ0n) is 5.52. The maximum absolute atomic E-state index is 2.65. The van der Waals surface area contributed by atoms with Crippen molar-refractivity contribution in [2.75, 3.05) is 13.1 Å². The van der Waals surface area contributed by atoms with E-state index in [4.69, 9.17) is 0 Å². The summed E-state index contributed by atoms with van der Waals surface area (Å²) in [7, 11) is 0. The molecule has 2 fully saturated rings. The molecule has 0 aromatic rings. The van der Waals surface area contributed by atoms with Gasteiger partial charge in [0, 0.05) is 9.97 Å². The maximum Gasteiger partial charge on any atom is 0.0281 e. The van der Waals surface area contributed by atoms with Crippen molar-refractivity contribution in [2.24, 2.45) is 0 Å². The lowest BCUT2D eigenvalue weighted by Crippen LogP contribution is -2.22. The maximum atomic E-state index is 2.65. The standard InChI is InChI=1S/C7H12IN/c8-6-5-7(6)9-3-1-2-4-9/h6-7H,1-5H2. The van der Waals surface area contributed by atoms with Crippen molar-refractivity contribution in [2.45, 2.75) is 29.2 Å². The van der Waals surface area contributed by atoms with Gasteiger partial charge in [0.15, 0.2) is 0 Å². The summed E-state index contributed by atoms with van der Waals surface area (Å²) in [5.41, 5.74) is 0. The smallest absolute Gasteiger partial charge is 0.0281 e. The first-order valence-electron chi connectivity index (χ1n) is 3.76. The molecule has 9 heavy (non-hydrogen) atoms. The second-order valence-corrected chi connectivity index (χ2v) is 4.66. The minimum Gasteiger partial charge on any atom is -0.299 e. The molecular formula is C7H12IN. The molecule has 2 heteroatoms. The predicted molar refractivity (Wildman–Crippen MR) is 47.0 cm³/mol. The van der Waals surface area contributed by atoms with Crippen LogP contribution in [0.15, 0.2) is 0 Å². The van der Waals surface area contributed by atoms with Crippen LogP contribution in [-0.2, 0) is 0 Å². The fourth-order valence-electron chi connectivity index (χ4n) is 1.60. The largest absolute Gasteiger partial charge is 0.299 e. The molecular weight excluding hydrogens is 225 g/mol. The first-order valence-corrected chi connectivity index (χ1v) is 5.00. The fraction of sp³-hybridized carbons (Fsp3) is 1.00. The zero-order chi connectivity index (χ0) is 6.27. The molecule has 1 saturated carbocycles. The molecule has 2 aliphatic rings. The Morgan fingerprint density at radius 2 is 1.78 bits per heavy atom. The predicted octanol–water partition coefficient (Wildman–Crippen LogP) is 1.66. The van der Waals surface area contributed by atoms with Crippen molar-refractivity contribution < 1.29 is 0 Å². The third-order valence-electron chi connectivity index (χ3n) is 2.29. The van der Waals surface area contributed by atoms with E-state index in [1.807, 2.05) is 0 Å². The van der Waals surface area contributed by atoms with E-state index < -0.39 is 0 Å². The molecule has 0 aromatic heterocycles. The zero-order valence-corrected chi connectivity index (χ0v) is 7.67. The van der Waals surface area contributed by atoms with Crippen molar-refractivity contribution in [1.82, 2.24) is 4.90 Å². The number of nitrogens with zero attached hydrogens (tertiary/aromatic N) is 1. The van der Waals surface area contributed by atoms with E-state index >= 15 is 0 Å². The fourth-order valence-corrected chi connectivity index (χ4v) is 2.58. The molecule has 2 atom stereocenters. The second-order valence-electron chi connectivity index (χ2n) is 3.06. The van der Waals surface area contributed by atoms with Gasteiger partial charge in [0.25, 0.3) is 0 Å². The third-order valence-corrected chi connectivity index (χ3v) is 3.63. The summed E-state index contributed by atoms with van der Waals surface area (Å²) < 4.78 is 0.987. The molecule has 0 radical (unpaired) electrons. The molecule has 0 aromatic carbocycles. The van der Waals surface area contributed by atoms with Crippen molar-refractivity contribution in [3.8, 4) is 0 Å². The Morgan fingerprint density at radius 3 is 2.22 bits per heavy atom. The lowest BCUT2D eigenvalue weighted by Gasteiger charge is -2.12. The Bertz CT molecular complexity index is 109. The van der Waals surface area contributed by atoms with E-state index in [2.05, 4.69) is 27.5 Å². The van der Waals surface area contributed by atoms with Gasteiger partial charge < -0.3 is 0 Å². The van der Waals surface area contributed by atoms with Crippen LogP contribution in [0.4, 0.5) is 0 Å². The minimum atomic E-state index is 0.980. The summed E-state index contributed by atoms with van der Waals surface area (Å²) in [6, 6.07) is 0.980. The van der Waals surface area contributed by atoms with Crippen LogP contribution in [0.5, 0.6) is 0 Å². The van der Waals surface area contributed by atoms with Crippen molar-refractivity contribution in [1.29, 1.82) is 0 Å². The van der Waals surface area contributed by atoms with E-state index in [-0.39, 0.29) is 0 Å². The summed E-state index contributed by atoms with van der Waals surface area (Å²) in [6.45, 7) is 2.76. The van der Waals surface area contributed by atoms with Crippen LogP contribution in [0.2, 0.25) is 0 Å². The van der Waals surface area contributed by atoms with E-state index in [1.54, 1.807) is 0 Å². The highest BCUT2D eigenvalue weighted by Crippen LogP contribution is 2.37. The number of rotatable bonds is 1. The van der Waals surface area contributed by atoms with E-state index in [0.717, 1.165) is 9.97 Å². The number of alkyl halides is 1. The van der Waals surface area contributed by atoms with E-state index in [0.29, 0.717) is 0 Å². The van der Waals surface area contributed by atoms with Crippen LogP contribution < -0.4 is 0 Å². The molecule has 0 amide bonds. The van der Waals surface area contributed by atoms with Gasteiger partial charge in [-0.3, -0.25) is 4.90 Å². The molecule has 1 aliphatic heterocycles. The van der Waals surface area contributed by atoms with Crippen LogP contribution in [0.25, 0.3) is 0 Å². The van der Waals surface area contributed by atoms with Crippen LogP contribution in [-0.4, -0.2) is 28.0 Å². The Hall–Kier alpha value is 0.690. The van der Waals surface area contributed by atoms with Crippen molar-refractivity contribution >= 4 is 22.6 Å². The van der Waals surface area contributed by atoms with Crippen LogP contribution in [0.3, 0.4) is 0 Å². The van der Waals surface area contributed by atoms with Gasteiger partial charge in [-0.15, -0.1) is 0 Å². The average molecular weight is 237 g/mol. The third kappa shape index (κ3) is 1.24. The Labute approximate surface area is 69.9 Å². The average Bonchev–Trinajstić information content (AvgIpc) is 2.44. The van der Waals surface area contributed by atoms with Crippen molar-refractivity contribution in [3.05, 3.63) is 0 Å².